The number of hydrogen-bond acceptors (Lipinski definition) is 4. The van der Waals surface area contributed by atoms with Crippen molar-refractivity contribution >= 4 is 11.9 Å². The molecule has 0 unspecified atom stereocenters. The van der Waals surface area contributed by atoms with Crippen molar-refractivity contribution in [2.45, 2.75) is 85.2 Å². The highest BCUT2D eigenvalue weighted by Crippen LogP contribution is 2.24. The Morgan fingerprint density at radius 1 is 0.957 bits per heavy atom. The molecule has 0 atom stereocenters. The van der Waals surface area contributed by atoms with Crippen LogP contribution in [0.2, 0.25) is 0 Å². The first kappa shape index (κ1) is 21.9. The third-order valence-electron chi connectivity index (χ3n) is 3.98. The Bertz CT molecular complexity index is 360. The number of aliphatic carboxylic acids is 1. The second kappa shape index (κ2) is 10.6. The first-order chi connectivity index (χ1) is 10.6. The molecule has 5 heteroatoms. The lowest BCUT2D eigenvalue weighted by Gasteiger charge is -2.26. The van der Waals surface area contributed by atoms with E-state index in [4.69, 9.17) is 14.6 Å². The number of carboxylic acid groups (broad SMARTS) is 1. The maximum atomic E-state index is 11.2. The minimum absolute atomic E-state index is 0.132. The molecule has 0 aromatic carbocycles. The second-order valence-corrected chi connectivity index (χ2v) is 7.27. The van der Waals surface area contributed by atoms with Crippen molar-refractivity contribution in [3.05, 3.63) is 0 Å². The summed E-state index contributed by atoms with van der Waals surface area (Å²) in [6, 6.07) is 0. The third-order valence-corrected chi connectivity index (χ3v) is 3.98. The zero-order valence-electron chi connectivity index (χ0n) is 15.4. The molecule has 0 aromatic heterocycles. The number of hydrogen-bond donors (Lipinski definition) is 1. The molecule has 0 aromatic rings. The molecule has 0 heterocycles. The van der Waals surface area contributed by atoms with Crippen LogP contribution in [0.4, 0.5) is 0 Å². The molecular formula is C18H34O5. The highest BCUT2D eigenvalue weighted by Gasteiger charge is 2.26. The Labute approximate surface area is 140 Å². The summed E-state index contributed by atoms with van der Waals surface area (Å²) in [4.78, 5) is 22.3. The number of carbonyl (C=O) groups excluding carboxylic acids is 1. The Hall–Kier alpha value is -1.10. The molecule has 0 aliphatic heterocycles. The summed E-state index contributed by atoms with van der Waals surface area (Å²) in [6.07, 6.45) is 5.48. The Kier molecular flexibility index (Phi) is 10.1. The van der Waals surface area contributed by atoms with E-state index < -0.39 is 11.4 Å². The summed E-state index contributed by atoms with van der Waals surface area (Å²) < 4.78 is 10.8. The molecule has 5 nitrogen and oxygen atoms in total. The van der Waals surface area contributed by atoms with E-state index in [0.717, 1.165) is 32.1 Å². The van der Waals surface area contributed by atoms with Gasteiger partial charge < -0.3 is 14.6 Å². The highest BCUT2D eigenvalue weighted by molar-refractivity contribution is 5.73. The van der Waals surface area contributed by atoms with Crippen molar-refractivity contribution in [1.82, 2.24) is 0 Å². The van der Waals surface area contributed by atoms with Crippen molar-refractivity contribution in [2.75, 3.05) is 13.2 Å². The summed E-state index contributed by atoms with van der Waals surface area (Å²) >= 11 is 0. The topological polar surface area (TPSA) is 72.8 Å². The van der Waals surface area contributed by atoms with E-state index in [2.05, 4.69) is 13.8 Å². The summed E-state index contributed by atoms with van der Waals surface area (Å²) in [5.41, 5.74) is -0.875. The molecule has 0 aliphatic rings. The van der Waals surface area contributed by atoms with Crippen molar-refractivity contribution in [3.63, 3.8) is 0 Å². The van der Waals surface area contributed by atoms with Crippen LogP contribution < -0.4 is 0 Å². The molecule has 0 spiro atoms. The van der Waals surface area contributed by atoms with Gasteiger partial charge in [-0.2, -0.15) is 0 Å². The molecule has 0 radical (unpaired) electrons. The second-order valence-electron chi connectivity index (χ2n) is 7.27. The van der Waals surface area contributed by atoms with Crippen LogP contribution in [0.15, 0.2) is 0 Å². The van der Waals surface area contributed by atoms with Crippen molar-refractivity contribution < 1.29 is 24.2 Å². The van der Waals surface area contributed by atoms with E-state index in [1.165, 1.54) is 0 Å². The minimum Gasteiger partial charge on any atom is -0.481 e. The minimum atomic E-state index is -0.750. The van der Waals surface area contributed by atoms with Crippen LogP contribution in [0, 0.1) is 5.41 Å². The fourth-order valence-corrected chi connectivity index (χ4v) is 2.25. The zero-order valence-corrected chi connectivity index (χ0v) is 15.4. The quantitative estimate of drug-likeness (QED) is 0.405. The van der Waals surface area contributed by atoms with Gasteiger partial charge in [0.1, 0.15) is 0 Å². The predicted octanol–water partition coefficient (Wildman–Crippen LogP) is 4.19. The first-order valence-corrected chi connectivity index (χ1v) is 8.64. The van der Waals surface area contributed by atoms with Crippen LogP contribution in [0.1, 0.15) is 79.6 Å². The summed E-state index contributed by atoms with van der Waals surface area (Å²) in [7, 11) is 0. The van der Waals surface area contributed by atoms with Gasteiger partial charge in [0.05, 0.1) is 17.6 Å². The third kappa shape index (κ3) is 11.1. The summed E-state index contributed by atoms with van der Waals surface area (Å²) in [5.74, 6) is -0.882. The van der Waals surface area contributed by atoms with Gasteiger partial charge in [0.15, 0.2) is 0 Å². The molecular weight excluding hydrogens is 296 g/mol. The number of esters is 1. The summed E-state index contributed by atoms with van der Waals surface area (Å²) in [5, 5.41) is 9.06. The lowest BCUT2D eigenvalue weighted by molar-refractivity contribution is -0.147. The normalized spacial score (nSPS) is 12.2. The molecule has 0 fully saturated rings. The summed E-state index contributed by atoms with van der Waals surface area (Å²) in [6.45, 7) is 10.5. The molecule has 0 saturated heterocycles. The van der Waals surface area contributed by atoms with Crippen molar-refractivity contribution in [2.24, 2.45) is 5.41 Å². The molecule has 0 amide bonds. The van der Waals surface area contributed by atoms with E-state index in [-0.39, 0.29) is 11.6 Å². The van der Waals surface area contributed by atoms with Gasteiger partial charge >= 0.3 is 11.9 Å². The average Bonchev–Trinajstić information content (AvgIpc) is 2.43. The number of carbonyl (C=O) groups is 2. The fourth-order valence-electron chi connectivity index (χ4n) is 2.25. The lowest BCUT2D eigenvalue weighted by atomic mass is 9.87. The largest absolute Gasteiger partial charge is 0.481 e. The number of carboxylic acids is 1. The predicted molar refractivity (Wildman–Crippen MR) is 90.4 cm³/mol. The number of rotatable bonds is 13. The zero-order chi connectivity index (χ0) is 17.9. The van der Waals surface area contributed by atoms with Gasteiger partial charge in [-0.05, 0) is 60.3 Å². The highest BCUT2D eigenvalue weighted by atomic mass is 16.5. The van der Waals surface area contributed by atoms with Crippen molar-refractivity contribution in [3.8, 4) is 0 Å². The van der Waals surface area contributed by atoms with Gasteiger partial charge in [-0.1, -0.05) is 12.8 Å². The lowest BCUT2D eigenvalue weighted by Crippen LogP contribution is -2.26. The fraction of sp³-hybridized carbons (Fsp3) is 0.889. The van der Waals surface area contributed by atoms with Gasteiger partial charge in [-0.3, -0.25) is 9.59 Å². The van der Waals surface area contributed by atoms with Crippen LogP contribution in [0.25, 0.3) is 0 Å². The standard InChI is InChI=1S/C18H34O5/c1-6-22-15(19)11-7-8-13-18(4,5)23-14-10-9-12-17(2,3)16(20)21/h6-14H2,1-5H3,(H,20,21). The Morgan fingerprint density at radius 2 is 1.57 bits per heavy atom. The van der Waals surface area contributed by atoms with E-state index in [1.54, 1.807) is 13.8 Å². The molecule has 136 valence electrons. The van der Waals surface area contributed by atoms with Crippen molar-refractivity contribution in [1.29, 1.82) is 0 Å². The average molecular weight is 330 g/mol. The molecule has 0 aliphatic carbocycles. The molecule has 0 saturated carbocycles. The van der Waals surface area contributed by atoms with Gasteiger partial charge in [0.25, 0.3) is 0 Å². The first-order valence-electron chi connectivity index (χ1n) is 8.64. The van der Waals surface area contributed by atoms with E-state index in [1.807, 2.05) is 6.92 Å². The SMILES string of the molecule is CCOC(=O)CCCCC(C)(C)OCCCCC(C)(C)C(=O)O. The van der Waals surface area contributed by atoms with Crippen LogP contribution in [0.3, 0.4) is 0 Å². The molecule has 0 rings (SSSR count). The van der Waals surface area contributed by atoms with E-state index in [9.17, 15) is 9.59 Å². The van der Waals surface area contributed by atoms with Gasteiger partial charge in [-0.15, -0.1) is 0 Å². The monoisotopic (exact) mass is 330 g/mol. The van der Waals surface area contributed by atoms with Crippen LogP contribution in [-0.4, -0.2) is 35.9 Å². The van der Waals surface area contributed by atoms with Crippen LogP contribution in [0.5, 0.6) is 0 Å². The maximum Gasteiger partial charge on any atom is 0.309 e. The molecule has 23 heavy (non-hydrogen) atoms. The van der Waals surface area contributed by atoms with Gasteiger partial charge in [-0.25, -0.2) is 0 Å². The number of ether oxygens (including phenoxy) is 2. The maximum absolute atomic E-state index is 11.2. The Balaban J connectivity index is 3.76. The smallest absolute Gasteiger partial charge is 0.309 e. The van der Waals surface area contributed by atoms with Crippen LogP contribution >= 0.6 is 0 Å². The Morgan fingerprint density at radius 3 is 2.13 bits per heavy atom. The van der Waals surface area contributed by atoms with Gasteiger partial charge in [0, 0.05) is 13.0 Å². The molecule has 0 bridgehead atoms. The van der Waals surface area contributed by atoms with Gasteiger partial charge in [0.2, 0.25) is 0 Å². The van der Waals surface area contributed by atoms with E-state index in [0.29, 0.717) is 26.1 Å². The van der Waals surface area contributed by atoms with Crippen LogP contribution in [-0.2, 0) is 19.1 Å². The number of unbranched alkanes of at least 4 members (excludes halogenated alkanes) is 2. The van der Waals surface area contributed by atoms with E-state index >= 15 is 0 Å². The molecule has 1 N–H and O–H groups in total.